The Balaban J connectivity index is 4.27. The van der Waals surface area contributed by atoms with Crippen molar-refractivity contribution in [2.75, 3.05) is 13.2 Å². The molecule has 0 radical (unpaired) electrons. The zero-order valence-electron chi connectivity index (χ0n) is 46.9. The van der Waals surface area contributed by atoms with E-state index in [2.05, 4.69) is 32.9 Å². The summed E-state index contributed by atoms with van der Waals surface area (Å²) < 4.78 is 16.9. The van der Waals surface area contributed by atoms with E-state index in [1.54, 1.807) is 0 Å². The van der Waals surface area contributed by atoms with Gasteiger partial charge >= 0.3 is 17.9 Å². The number of hydrogen-bond acceptors (Lipinski definition) is 6. The summed E-state index contributed by atoms with van der Waals surface area (Å²) in [4.78, 5) is 38.2. The fraction of sp³-hybridized carbons (Fsp3) is 0.921. The first-order valence-electron chi connectivity index (χ1n) is 31.2. The third-order valence-electron chi connectivity index (χ3n) is 14.3. The highest BCUT2D eigenvalue weighted by Gasteiger charge is 2.19. The van der Waals surface area contributed by atoms with Gasteiger partial charge in [-0.25, -0.2) is 0 Å². The summed E-state index contributed by atoms with van der Waals surface area (Å²) in [6, 6.07) is 0. The lowest BCUT2D eigenvalue weighted by Gasteiger charge is -2.18. The van der Waals surface area contributed by atoms with Crippen LogP contribution in [0.2, 0.25) is 0 Å². The van der Waals surface area contributed by atoms with Crippen molar-refractivity contribution in [2.24, 2.45) is 0 Å². The Kier molecular flexibility index (Phi) is 57.1. The topological polar surface area (TPSA) is 78.9 Å². The molecule has 0 aliphatic heterocycles. The van der Waals surface area contributed by atoms with E-state index in [0.29, 0.717) is 19.3 Å². The van der Waals surface area contributed by atoms with E-state index in [1.807, 2.05) is 0 Å². The average Bonchev–Trinajstić information content (AvgIpc) is 3.35. The highest BCUT2D eigenvalue weighted by molar-refractivity contribution is 5.71. The van der Waals surface area contributed by atoms with Gasteiger partial charge in [-0.3, -0.25) is 14.4 Å². The van der Waals surface area contributed by atoms with Crippen molar-refractivity contribution in [2.45, 2.75) is 361 Å². The Morgan fingerprint density at radius 3 is 0.739 bits per heavy atom. The first kappa shape index (κ1) is 67.1. The van der Waals surface area contributed by atoms with Crippen LogP contribution in [-0.4, -0.2) is 37.2 Å². The van der Waals surface area contributed by atoms with E-state index in [9.17, 15) is 14.4 Å². The molecule has 0 aliphatic rings. The molecule has 0 N–H and O–H groups in total. The van der Waals surface area contributed by atoms with Crippen LogP contribution in [0, 0.1) is 0 Å². The van der Waals surface area contributed by atoms with Gasteiger partial charge in [-0.2, -0.15) is 0 Å². The van der Waals surface area contributed by atoms with Crippen molar-refractivity contribution >= 4 is 17.9 Å². The van der Waals surface area contributed by atoms with Gasteiger partial charge in [-0.05, 0) is 44.9 Å². The van der Waals surface area contributed by atoms with Gasteiger partial charge in [0.2, 0.25) is 0 Å². The van der Waals surface area contributed by atoms with Crippen LogP contribution in [-0.2, 0) is 28.6 Å². The van der Waals surface area contributed by atoms with Crippen LogP contribution in [0.4, 0.5) is 0 Å². The second-order valence-corrected chi connectivity index (χ2v) is 21.3. The maximum Gasteiger partial charge on any atom is 0.306 e. The predicted octanol–water partition coefficient (Wildman–Crippen LogP) is 20.9. The van der Waals surface area contributed by atoms with Crippen molar-refractivity contribution in [1.82, 2.24) is 0 Å². The largest absolute Gasteiger partial charge is 0.462 e. The average molecular weight is 974 g/mol. The van der Waals surface area contributed by atoms with E-state index in [0.717, 1.165) is 64.2 Å². The van der Waals surface area contributed by atoms with Gasteiger partial charge in [0.1, 0.15) is 13.2 Å². The third-order valence-corrected chi connectivity index (χ3v) is 14.3. The molecule has 0 fully saturated rings. The molecule has 0 aromatic heterocycles. The molecular weight excluding hydrogens is 853 g/mol. The number of esters is 3. The minimum atomic E-state index is -0.768. The maximum atomic E-state index is 12.9. The Hall–Kier alpha value is -1.85. The molecule has 1 atom stereocenters. The second kappa shape index (κ2) is 58.7. The molecule has 0 aromatic carbocycles. The fourth-order valence-corrected chi connectivity index (χ4v) is 9.56. The summed E-state index contributed by atoms with van der Waals surface area (Å²) in [5.41, 5.74) is 0. The normalized spacial score (nSPS) is 12.0. The van der Waals surface area contributed by atoms with Crippen molar-refractivity contribution in [3.05, 3.63) is 12.2 Å². The number of hydrogen-bond donors (Lipinski definition) is 0. The predicted molar refractivity (Wildman–Crippen MR) is 298 cm³/mol. The van der Waals surface area contributed by atoms with Crippen LogP contribution in [0.1, 0.15) is 355 Å². The van der Waals surface area contributed by atoms with Crippen LogP contribution >= 0.6 is 0 Å². The number of carbonyl (C=O) groups is 3. The molecule has 0 unspecified atom stereocenters. The zero-order valence-corrected chi connectivity index (χ0v) is 46.9. The lowest BCUT2D eigenvalue weighted by atomic mass is 10.0. The molecule has 0 aliphatic carbocycles. The summed E-state index contributed by atoms with van der Waals surface area (Å²) in [5.74, 6) is -0.846. The number of rotatable bonds is 58. The molecule has 6 heteroatoms. The molecule has 0 amide bonds. The Labute approximate surface area is 431 Å². The summed E-state index contributed by atoms with van der Waals surface area (Å²) in [6.07, 6.45) is 67.8. The number of carbonyl (C=O) groups excluding carboxylic acids is 3. The smallest absolute Gasteiger partial charge is 0.306 e. The highest BCUT2D eigenvalue weighted by atomic mass is 16.6. The van der Waals surface area contributed by atoms with Gasteiger partial charge in [0.25, 0.3) is 0 Å². The standard InChI is InChI=1S/C63H120O6/c1-4-7-10-13-16-19-22-25-27-29-31-33-35-38-41-44-47-50-53-56-62(65)68-59-60(58-67-61(64)55-52-49-46-43-40-37-24-21-18-15-12-9-6-3)69-63(66)57-54-51-48-45-42-39-36-34-32-30-28-26-23-20-17-14-11-8-5-2/h21,24,60H,4-20,22-23,25-59H2,1-3H3/b24-21-/t60-/m1/s1. The van der Waals surface area contributed by atoms with Crippen LogP contribution in [0.25, 0.3) is 0 Å². The van der Waals surface area contributed by atoms with Crippen molar-refractivity contribution in [3.63, 3.8) is 0 Å². The lowest BCUT2D eigenvalue weighted by Crippen LogP contribution is -2.30. The quantitative estimate of drug-likeness (QED) is 0.0261. The van der Waals surface area contributed by atoms with Gasteiger partial charge < -0.3 is 14.2 Å². The number of ether oxygens (including phenoxy) is 3. The number of allylic oxidation sites excluding steroid dienone is 2. The van der Waals surface area contributed by atoms with Crippen molar-refractivity contribution in [3.8, 4) is 0 Å². The van der Waals surface area contributed by atoms with Crippen LogP contribution in [0.3, 0.4) is 0 Å². The summed E-state index contributed by atoms with van der Waals surface area (Å²) in [7, 11) is 0. The van der Waals surface area contributed by atoms with E-state index in [4.69, 9.17) is 14.2 Å². The fourth-order valence-electron chi connectivity index (χ4n) is 9.56. The lowest BCUT2D eigenvalue weighted by molar-refractivity contribution is -0.167. The van der Waals surface area contributed by atoms with Crippen LogP contribution in [0.15, 0.2) is 12.2 Å². The van der Waals surface area contributed by atoms with Crippen LogP contribution in [0.5, 0.6) is 0 Å². The Morgan fingerprint density at radius 2 is 0.478 bits per heavy atom. The first-order valence-corrected chi connectivity index (χ1v) is 31.2. The molecule has 0 saturated carbocycles. The first-order chi connectivity index (χ1) is 34.0. The van der Waals surface area contributed by atoms with Gasteiger partial charge in [0.05, 0.1) is 0 Å². The molecule has 69 heavy (non-hydrogen) atoms. The molecule has 0 spiro atoms. The second-order valence-electron chi connectivity index (χ2n) is 21.3. The van der Waals surface area contributed by atoms with E-state index < -0.39 is 6.10 Å². The van der Waals surface area contributed by atoms with E-state index in [-0.39, 0.29) is 31.1 Å². The number of unbranched alkanes of at least 4 members (excludes halogenated alkanes) is 45. The van der Waals surface area contributed by atoms with Gasteiger partial charge in [0.15, 0.2) is 6.10 Å². The summed E-state index contributed by atoms with van der Waals surface area (Å²) in [5, 5.41) is 0. The molecule has 6 nitrogen and oxygen atoms in total. The van der Waals surface area contributed by atoms with Gasteiger partial charge in [-0.1, -0.05) is 303 Å². The van der Waals surface area contributed by atoms with Crippen molar-refractivity contribution in [1.29, 1.82) is 0 Å². The zero-order chi connectivity index (χ0) is 50.0. The molecule has 0 bridgehead atoms. The van der Waals surface area contributed by atoms with Gasteiger partial charge in [-0.15, -0.1) is 0 Å². The Morgan fingerprint density at radius 1 is 0.275 bits per heavy atom. The molecular formula is C63H120O6. The van der Waals surface area contributed by atoms with Gasteiger partial charge in [0, 0.05) is 19.3 Å². The summed E-state index contributed by atoms with van der Waals surface area (Å²) >= 11 is 0. The molecule has 0 saturated heterocycles. The summed E-state index contributed by atoms with van der Waals surface area (Å²) in [6.45, 7) is 6.69. The highest BCUT2D eigenvalue weighted by Crippen LogP contribution is 2.18. The Bertz CT molecular complexity index is 1070. The molecule has 0 heterocycles. The molecule has 408 valence electrons. The van der Waals surface area contributed by atoms with E-state index >= 15 is 0 Å². The van der Waals surface area contributed by atoms with Crippen molar-refractivity contribution < 1.29 is 28.6 Å². The minimum Gasteiger partial charge on any atom is -0.462 e. The molecule has 0 rings (SSSR count). The van der Waals surface area contributed by atoms with Crippen LogP contribution < -0.4 is 0 Å². The SMILES string of the molecule is CCCCCC/C=C\CCCCCCCC(=O)OC[C@H](COC(=O)CCCCCCCCCCCCCCCCCCCCC)OC(=O)CCCCCCCCCCCCCCCCCCCCC. The third kappa shape index (κ3) is 56.9. The van der Waals surface area contributed by atoms with E-state index in [1.165, 1.54) is 250 Å². The molecule has 0 aromatic rings. The minimum absolute atomic E-state index is 0.0661. The monoisotopic (exact) mass is 973 g/mol. The maximum absolute atomic E-state index is 12.9.